The number of halogens is 4. The predicted molar refractivity (Wildman–Crippen MR) is 102 cm³/mol. The topological polar surface area (TPSA) is 82.2 Å². The van der Waals surface area contributed by atoms with E-state index in [4.69, 9.17) is 0 Å². The molecule has 0 radical (unpaired) electrons. The van der Waals surface area contributed by atoms with E-state index in [0.29, 0.717) is 5.56 Å². The molecule has 2 rings (SSSR count). The molecule has 1 aromatic heterocycles. The predicted octanol–water partition coefficient (Wildman–Crippen LogP) is 4.63. The van der Waals surface area contributed by atoms with Crippen molar-refractivity contribution in [1.82, 2.24) is 15.5 Å². The Morgan fingerprint density at radius 2 is 1.62 bits per heavy atom. The number of carbonyl (C=O) groups excluding carboxylic acids is 1. The lowest BCUT2D eigenvalue weighted by molar-refractivity contribution is -0.141. The third kappa shape index (κ3) is 6.58. The zero-order valence-corrected chi connectivity index (χ0v) is 16.7. The number of guanidine groups is 1. The van der Waals surface area contributed by atoms with Gasteiger partial charge < -0.3 is 5.32 Å². The summed E-state index contributed by atoms with van der Waals surface area (Å²) in [5.41, 5.74) is -2.58. The largest absolute Gasteiger partial charge is 0.432 e. The molecular weight excluding hydrogens is 390 g/mol. The first-order valence-electron chi connectivity index (χ1n) is 8.75. The number of benzene rings is 1. The molecule has 0 aliphatic heterocycles. The van der Waals surface area contributed by atoms with E-state index in [9.17, 15) is 22.4 Å². The highest BCUT2D eigenvalue weighted by molar-refractivity contribution is 6.09. The molecule has 158 valence electrons. The molecular formula is C19H23F4N5O. The number of alkyl halides is 4. The van der Waals surface area contributed by atoms with Crippen LogP contribution in [0.4, 0.5) is 23.4 Å². The van der Waals surface area contributed by atoms with Crippen LogP contribution in [0.3, 0.4) is 0 Å². The van der Waals surface area contributed by atoms with Gasteiger partial charge in [-0.15, -0.1) is 0 Å². The van der Waals surface area contributed by atoms with Gasteiger partial charge in [-0.2, -0.15) is 18.3 Å². The van der Waals surface area contributed by atoms with Crippen molar-refractivity contribution in [3.05, 3.63) is 47.2 Å². The quantitative estimate of drug-likeness (QED) is 0.390. The van der Waals surface area contributed by atoms with Gasteiger partial charge in [0.15, 0.2) is 5.82 Å². The molecule has 0 aliphatic carbocycles. The summed E-state index contributed by atoms with van der Waals surface area (Å²) in [7, 11) is 0. The van der Waals surface area contributed by atoms with Crippen LogP contribution in [0.15, 0.2) is 35.3 Å². The first kappa shape index (κ1) is 22.4. The lowest BCUT2D eigenvalue weighted by Crippen LogP contribution is -2.38. The van der Waals surface area contributed by atoms with Crippen molar-refractivity contribution in [2.24, 2.45) is 4.99 Å². The number of nitrogens with one attached hydrogen (secondary N) is 3. The monoisotopic (exact) mass is 413 g/mol. The van der Waals surface area contributed by atoms with Crippen LogP contribution in [-0.2, 0) is 11.8 Å². The van der Waals surface area contributed by atoms with Gasteiger partial charge in [-0.3, -0.25) is 15.2 Å². The van der Waals surface area contributed by atoms with Crippen molar-refractivity contribution in [3.8, 4) is 0 Å². The molecule has 0 unspecified atom stereocenters. The van der Waals surface area contributed by atoms with Gasteiger partial charge in [-0.1, -0.05) is 12.1 Å². The van der Waals surface area contributed by atoms with Crippen molar-refractivity contribution in [3.63, 3.8) is 0 Å². The van der Waals surface area contributed by atoms with E-state index < -0.39 is 29.0 Å². The minimum atomic E-state index is -4.58. The molecule has 0 saturated carbocycles. The van der Waals surface area contributed by atoms with E-state index in [1.54, 1.807) is 20.8 Å². The van der Waals surface area contributed by atoms with Crippen LogP contribution in [0.1, 0.15) is 56.2 Å². The lowest BCUT2D eigenvalue weighted by atomic mass is 9.99. The van der Waals surface area contributed by atoms with E-state index in [1.807, 2.05) is 5.10 Å². The van der Waals surface area contributed by atoms with Crippen molar-refractivity contribution in [2.75, 3.05) is 5.32 Å². The average Bonchev–Trinajstić information content (AvgIpc) is 3.01. The molecule has 0 bridgehead atoms. The molecule has 0 saturated heterocycles. The van der Waals surface area contributed by atoms with E-state index in [-0.39, 0.29) is 17.3 Å². The summed E-state index contributed by atoms with van der Waals surface area (Å²) in [5.74, 6) is -0.789. The Labute approximate surface area is 165 Å². The van der Waals surface area contributed by atoms with Crippen molar-refractivity contribution < 1.29 is 22.4 Å². The smallest absolute Gasteiger partial charge is 0.309 e. The highest BCUT2D eigenvalue weighted by atomic mass is 19.4. The fraction of sp³-hybridized carbons (Fsp3) is 0.421. The first-order chi connectivity index (χ1) is 13.1. The van der Waals surface area contributed by atoms with Gasteiger partial charge in [-0.25, -0.2) is 9.38 Å². The third-order valence-electron chi connectivity index (χ3n) is 3.64. The Morgan fingerprint density at radius 1 is 1.03 bits per heavy atom. The molecule has 0 atom stereocenters. The van der Waals surface area contributed by atoms with E-state index >= 15 is 0 Å². The highest BCUT2D eigenvalue weighted by Crippen LogP contribution is 2.28. The molecule has 0 aliphatic rings. The van der Waals surface area contributed by atoms with E-state index in [2.05, 4.69) is 20.7 Å². The van der Waals surface area contributed by atoms with Gasteiger partial charge in [-0.05, 0) is 52.3 Å². The van der Waals surface area contributed by atoms with Crippen LogP contribution in [0, 0.1) is 0 Å². The number of hydrogen-bond acceptors (Lipinski definition) is 3. The minimum absolute atomic E-state index is 0.0716. The third-order valence-corrected chi connectivity index (χ3v) is 3.64. The van der Waals surface area contributed by atoms with E-state index in [1.165, 1.54) is 38.1 Å². The highest BCUT2D eigenvalue weighted by Gasteiger charge is 2.33. The molecule has 0 fully saturated rings. The fourth-order valence-electron chi connectivity index (χ4n) is 2.27. The number of anilines is 1. The van der Waals surface area contributed by atoms with Crippen molar-refractivity contribution in [2.45, 2.75) is 52.0 Å². The van der Waals surface area contributed by atoms with Crippen molar-refractivity contribution >= 4 is 17.7 Å². The number of nitrogens with zero attached hydrogens (tertiary/aromatic N) is 2. The van der Waals surface area contributed by atoms with Gasteiger partial charge >= 0.3 is 6.18 Å². The summed E-state index contributed by atoms with van der Waals surface area (Å²) in [6.07, 6.45) is -4.58. The summed E-state index contributed by atoms with van der Waals surface area (Å²) in [4.78, 5) is 16.8. The summed E-state index contributed by atoms with van der Waals surface area (Å²) in [5, 5.41) is 10.5. The van der Waals surface area contributed by atoms with Crippen molar-refractivity contribution in [1.29, 1.82) is 0 Å². The molecule has 1 heterocycles. The van der Waals surface area contributed by atoms with Gasteiger partial charge in [0.25, 0.3) is 5.91 Å². The van der Waals surface area contributed by atoms with Crippen LogP contribution in [0.5, 0.6) is 0 Å². The Hall–Kier alpha value is -2.91. The fourth-order valence-corrected chi connectivity index (χ4v) is 2.27. The first-order valence-corrected chi connectivity index (χ1v) is 8.75. The molecule has 29 heavy (non-hydrogen) atoms. The Kier molecular flexibility index (Phi) is 6.05. The summed E-state index contributed by atoms with van der Waals surface area (Å²) < 4.78 is 52.2. The van der Waals surface area contributed by atoms with Gasteiger partial charge in [0.05, 0.1) is 5.54 Å². The molecule has 6 nitrogen and oxygen atoms in total. The zero-order valence-electron chi connectivity index (χ0n) is 16.7. The summed E-state index contributed by atoms with van der Waals surface area (Å²) in [6.45, 7) is 8.07. The molecule has 2 aromatic rings. The van der Waals surface area contributed by atoms with Crippen LogP contribution in [-0.4, -0.2) is 27.6 Å². The molecule has 1 amide bonds. The average molecular weight is 413 g/mol. The van der Waals surface area contributed by atoms with Crippen LogP contribution >= 0.6 is 0 Å². The number of carbonyl (C=O) groups is 1. The number of aliphatic imine (C=N–C) groups is 1. The maximum atomic E-state index is 14.0. The maximum Gasteiger partial charge on any atom is 0.432 e. The second-order valence-corrected chi connectivity index (χ2v) is 7.92. The standard InChI is InChI=1S/C19H23F4N5O/c1-17(2,3)26-16(24-14-10-13(27-28-14)19(21,22)23)25-15(29)11-6-8-12(9-7-11)18(4,5)20/h6-10H,1-5H3,(H3,24,25,26,27,28,29). The Balaban J connectivity index is 2.22. The normalized spacial score (nSPS) is 13.3. The molecule has 1 aromatic carbocycles. The Bertz CT molecular complexity index is 887. The summed E-state index contributed by atoms with van der Waals surface area (Å²) >= 11 is 0. The van der Waals surface area contributed by atoms with Gasteiger partial charge in [0.2, 0.25) is 5.96 Å². The maximum absolute atomic E-state index is 14.0. The number of aromatic amines is 1. The Morgan fingerprint density at radius 3 is 2.07 bits per heavy atom. The van der Waals surface area contributed by atoms with Crippen LogP contribution in [0.25, 0.3) is 0 Å². The second kappa shape index (κ2) is 7.84. The molecule has 0 spiro atoms. The SMILES string of the molecule is CC(C)(C)N=C(NC(=O)c1ccc(C(C)(C)F)cc1)Nc1cc(C(F)(F)F)[nH]n1. The number of H-pyrrole nitrogens is 1. The lowest BCUT2D eigenvalue weighted by Gasteiger charge is -2.18. The van der Waals surface area contributed by atoms with Gasteiger partial charge in [0, 0.05) is 11.6 Å². The molecule has 10 heteroatoms. The van der Waals surface area contributed by atoms with Crippen LogP contribution in [0.2, 0.25) is 0 Å². The zero-order chi connectivity index (χ0) is 22.0. The van der Waals surface area contributed by atoms with E-state index in [0.717, 1.165) is 6.07 Å². The summed E-state index contributed by atoms with van der Waals surface area (Å²) in [6, 6.07) is 6.66. The number of amides is 1. The second-order valence-electron chi connectivity index (χ2n) is 7.92. The van der Waals surface area contributed by atoms with Gasteiger partial charge in [0.1, 0.15) is 11.4 Å². The minimum Gasteiger partial charge on any atom is -0.309 e. The number of hydrogen-bond donors (Lipinski definition) is 3. The molecule has 3 N–H and O–H groups in total. The number of aromatic nitrogens is 2. The number of rotatable bonds is 3. The van der Waals surface area contributed by atoms with Crippen LogP contribution < -0.4 is 10.6 Å².